The van der Waals surface area contributed by atoms with Crippen molar-refractivity contribution in [2.75, 3.05) is 0 Å². The first-order valence-corrected chi connectivity index (χ1v) is 7.53. The molecule has 1 nitrogen and oxygen atoms in total. The molecule has 0 amide bonds. The molecule has 1 aliphatic carbocycles. The van der Waals surface area contributed by atoms with Gasteiger partial charge in [-0.05, 0) is 12.1 Å². The summed E-state index contributed by atoms with van der Waals surface area (Å²) in [5.41, 5.74) is -8.68. The molecule has 0 spiro atoms. The van der Waals surface area contributed by atoms with Gasteiger partial charge in [-0.25, -0.2) is 8.78 Å². The predicted octanol–water partition coefficient (Wildman–Crippen LogP) is 5.84. The first-order chi connectivity index (χ1) is 11.8. The number of allylic oxidation sites excluding steroid dienone is 4. The van der Waals surface area contributed by atoms with Gasteiger partial charge < -0.3 is 0 Å². The second-order valence-corrected chi connectivity index (χ2v) is 6.67. The van der Waals surface area contributed by atoms with Gasteiger partial charge >= 0.3 is 18.0 Å². The monoisotopic (exact) mass is 444 g/mol. The largest absolute Gasteiger partial charge is 0.435 e. The van der Waals surface area contributed by atoms with Crippen LogP contribution >= 0.6 is 15.9 Å². The molecule has 0 saturated carbocycles. The fourth-order valence-corrected chi connectivity index (χ4v) is 3.24. The van der Waals surface area contributed by atoms with Crippen LogP contribution in [0, 0.1) is 23.6 Å². The molecule has 0 aromatic heterocycles. The van der Waals surface area contributed by atoms with Gasteiger partial charge in [0.1, 0.15) is 5.82 Å². The molecule has 139 valence electrons. The number of rotatable bonds is 2. The molecule has 1 aromatic rings. The minimum absolute atomic E-state index is 0.140. The fraction of sp³-hybridized carbons (Fsp3) is 0.250. The Kier molecular flexibility index (Phi) is 5.00. The third-order valence-electron chi connectivity index (χ3n) is 3.64. The van der Waals surface area contributed by atoms with Gasteiger partial charge in [0.2, 0.25) is 0 Å². The highest BCUT2D eigenvalue weighted by Crippen LogP contribution is 2.54. The molecule has 0 N–H and O–H groups in total. The predicted molar refractivity (Wildman–Crippen MR) is 79.0 cm³/mol. The molecule has 26 heavy (non-hydrogen) atoms. The lowest BCUT2D eigenvalue weighted by Crippen LogP contribution is -2.55. The van der Waals surface area contributed by atoms with Crippen LogP contribution < -0.4 is 0 Å². The maximum Gasteiger partial charge on any atom is 0.435 e. The second kappa shape index (κ2) is 6.37. The molecule has 1 aliphatic rings. The Labute approximate surface area is 150 Å². The van der Waals surface area contributed by atoms with Crippen LogP contribution in [0.1, 0.15) is 5.56 Å². The maximum absolute atomic E-state index is 14.4. The Balaban J connectivity index is 2.77. The Morgan fingerprint density at radius 2 is 1.50 bits per heavy atom. The third-order valence-corrected chi connectivity index (χ3v) is 4.52. The van der Waals surface area contributed by atoms with E-state index in [2.05, 4.69) is 15.9 Å². The van der Waals surface area contributed by atoms with E-state index in [9.17, 15) is 35.1 Å². The number of nitrogens with zero attached hydrogens (tertiary/aromatic N) is 1. The van der Waals surface area contributed by atoms with Crippen molar-refractivity contribution in [2.24, 2.45) is 0 Å². The van der Waals surface area contributed by atoms with Crippen LogP contribution in [-0.4, -0.2) is 18.0 Å². The number of hydrogen-bond donors (Lipinski definition) is 0. The fourth-order valence-electron chi connectivity index (χ4n) is 2.42. The van der Waals surface area contributed by atoms with E-state index in [4.69, 9.17) is 5.26 Å². The quantitative estimate of drug-likeness (QED) is 0.415. The number of benzene rings is 1. The molecule has 10 heteroatoms. The second-order valence-electron chi connectivity index (χ2n) is 5.36. The van der Waals surface area contributed by atoms with Crippen molar-refractivity contribution in [1.29, 1.82) is 5.26 Å². The van der Waals surface area contributed by atoms with Gasteiger partial charge in [0.25, 0.3) is 0 Å². The smallest absolute Gasteiger partial charge is 0.218 e. The number of nitriles is 1. The molecule has 1 unspecified atom stereocenters. The molecule has 2 rings (SSSR count). The lowest BCUT2D eigenvalue weighted by Gasteiger charge is -2.36. The minimum Gasteiger partial charge on any atom is -0.218 e. The summed E-state index contributed by atoms with van der Waals surface area (Å²) in [4.78, 5) is 0. The minimum atomic E-state index is -6.35. The summed E-state index contributed by atoms with van der Waals surface area (Å²) in [7, 11) is 0. The summed E-state index contributed by atoms with van der Waals surface area (Å²) < 4.78 is 104. The highest BCUT2D eigenvalue weighted by Gasteiger charge is 2.74. The molecule has 0 heterocycles. The molecular weight excluding hydrogens is 438 g/mol. The lowest BCUT2D eigenvalue weighted by molar-refractivity contribution is -0.325. The first kappa shape index (κ1) is 20.4. The average molecular weight is 445 g/mol. The molecule has 0 aliphatic heterocycles. The van der Waals surface area contributed by atoms with E-state index in [0.717, 1.165) is 18.6 Å². The topological polar surface area (TPSA) is 23.8 Å². The van der Waals surface area contributed by atoms with E-state index in [0.29, 0.717) is 0 Å². The van der Waals surface area contributed by atoms with E-state index < -0.39 is 39.3 Å². The van der Waals surface area contributed by atoms with Crippen molar-refractivity contribution in [3.8, 4) is 6.07 Å². The van der Waals surface area contributed by atoms with E-state index in [-0.39, 0.29) is 17.7 Å². The first-order valence-electron chi connectivity index (χ1n) is 6.73. The number of hydrogen-bond acceptors (Lipinski definition) is 1. The van der Waals surface area contributed by atoms with Crippen LogP contribution in [0.25, 0.3) is 0 Å². The van der Waals surface area contributed by atoms with Crippen LogP contribution in [0.4, 0.5) is 35.1 Å². The van der Waals surface area contributed by atoms with Crippen molar-refractivity contribution in [3.05, 3.63) is 65.4 Å². The van der Waals surface area contributed by atoms with Gasteiger partial charge in [-0.1, -0.05) is 40.2 Å². The Bertz CT molecular complexity index is 801. The van der Waals surface area contributed by atoms with Crippen LogP contribution in [0.3, 0.4) is 0 Å². The Hall–Kier alpha value is -1.89. The SMILES string of the molecule is N#CC1=CC(C(F)(C(F)(F)F)C(F)(F)F)=CC(Br)(c2ccccc2F)[CH]1. The normalized spacial score (nSPS) is 21.7. The summed E-state index contributed by atoms with van der Waals surface area (Å²) in [5, 5.41) is 8.95. The summed E-state index contributed by atoms with van der Waals surface area (Å²) >= 11 is 2.84. The Morgan fingerprint density at radius 1 is 0.962 bits per heavy atom. The maximum atomic E-state index is 14.4. The van der Waals surface area contributed by atoms with E-state index in [1.165, 1.54) is 18.2 Å². The van der Waals surface area contributed by atoms with Crippen LogP contribution in [0.15, 0.2) is 47.6 Å². The Morgan fingerprint density at radius 3 is 1.96 bits per heavy atom. The summed E-state index contributed by atoms with van der Waals surface area (Å²) in [5.74, 6) is -0.973. The van der Waals surface area contributed by atoms with Gasteiger partial charge in [-0.15, -0.1) is 0 Å². The van der Waals surface area contributed by atoms with Crippen LogP contribution in [0.5, 0.6) is 0 Å². The standard InChI is InChI=1S/C16H7BrF8N/c17-13(11-3-1-2-4-12(11)18)6-9(8-26)5-10(7-13)14(19,15(20,21)22)16(23,24)25/h1-7H. The molecule has 1 radical (unpaired) electrons. The van der Waals surface area contributed by atoms with Crippen molar-refractivity contribution < 1.29 is 35.1 Å². The highest BCUT2D eigenvalue weighted by atomic mass is 79.9. The van der Waals surface area contributed by atoms with Gasteiger partial charge in [-0.3, -0.25) is 0 Å². The van der Waals surface area contributed by atoms with E-state index in [1.54, 1.807) is 0 Å². The molecule has 0 bridgehead atoms. The van der Waals surface area contributed by atoms with Gasteiger partial charge in [-0.2, -0.15) is 31.6 Å². The van der Waals surface area contributed by atoms with Crippen molar-refractivity contribution in [2.45, 2.75) is 22.3 Å². The van der Waals surface area contributed by atoms with E-state index >= 15 is 0 Å². The third kappa shape index (κ3) is 3.24. The molecule has 0 saturated heterocycles. The van der Waals surface area contributed by atoms with E-state index in [1.807, 2.05) is 0 Å². The summed E-state index contributed by atoms with van der Waals surface area (Å²) in [6.45, 7) is 0. The van der Waals surface area contributed by atoms with Crippen LogP contribution in [-0.2, 0) is 4.32 Å². The van der Waals surface area contributed by atoms with Gasteiger partial charge in [0.05, 0.1) is 10.4 Å². The molecular formula is C16H7BrF8N. The van der Waals surface area contributed by atoms with Gasteiger partial charge in [0.15, 0.2) is 0 Å². The van der Waals surface area contributed by atoms with Crippen molar-refractivity contribution in [1.82, 2.24) is 0 Å². The lowest BCUT2D eigenvalue weighted by atomic mass is 9.80. The number of alkyl halides is 8. The zero-order valence-corrected chi connectivity index (χ0v) is 14.0. The summed E-state index contributed by atoms with van der Waals surface area (Å²) in [6, 6.07) is 5.89. The highest BCUT2D eigenvalue weighted by molar-refractivity contribution is 9.09. The summed E-state index contributed by atoms with van der Waals surface area (Å²) in [6.07, 6.45) is -11.4. The zero-order valence-electron chi connectivity index (χ0n) is 12.4. The molecule has 0 fully saturated rings. The van der Waals surface area contributed by atoms with Crippen LogP contribution in [0.2, 0.25) is 0 Å². The van der Waals surface area contributed by atoms with Crippen molar-refractivity contribution >= 4 is 15.9 Å². The zero-order chi connectivity index (χ0) is 20.0. The molecule has 1 aromatic carbocycles. The van der Waals surface area contributed by atoms with Crippen molar-refractivity contribution in [3.63, 3.8) is 0 Å². The number of halogens is 9. The molecule has 1 atom stereocenters. The van der Waals surface area contributed by atoms with Gasteiger partial charge in [0, 0.05) is 23.1 Å². The average Bonchev–Trinajstić information content (AvgIpc) is 2.51.